The topological polar surface area (TPSA) is 76.7 Å². The van der Waals surface area contributed by atoms with Gasteiger partial charge in [-0.1, -0.05) is 24.1 Å². The number of ether oxygens (including phenoxy) is 2. The summed E-state index contributed by atoms with van der Waals surface area (Å²) >= 11 is 0. The third-order valence-corrected chi connectivity index (χ3v) is 4.27. The highest BCUT2D eigenvalue weighted by atomic mass is 16.6. The van der Waals surface area contributed by atoms with Gasteiger partial charge in [-0.15, -0.1) is 6.42 Å². The van der Waals surface area contributed by atoms with Crippen molar-refractivity contribution in [1.82, 2.24) is 5.32 Å². The normalized spacial score (nSPS) is 17.9. The van der Waals surface area contributed by atoms with Crippen molar-refractivity contribution in [3.05, 3.63) is 59.2 Å². The Kier molecular flexibility index (Phi) is 4.78. The van der Waals surface area contributed by atoms with Gasteiger partial charge in [0.25, 0.3) is 11.6 Å². The van der Waals surface area contributed by atoms with Gasteiger partial charge < -0.3 is 20.1 Å². The van der Waals surface area contributed by atoms with Crippen LogP contribution in [0.15, 0.2) is 42.5 Å². The monoisotopic (exact) mass is 378 g/mol. The Morgan fingerprint density at radius 1 is 1.21 bits per heavy atom. The molecule has 1 unspecified atom stereocenters. The Morgan fingerprint density at radius 2 is 1.93 bits per heavy atom. The van der Waals surface area contributed by atoms with Crippen LogP contribution in [0.2, 0.25) is 0 Å². The number of carbonyl (C=O) groups is 2. The van der Waals surface area contributed by atoms with E-state index in [2.05, 4.69) is 16.6 Å². The average Bonchev–Trinajstić information content (AvgIpc) is 2.94. The molecule has 0 spiro atoms. The van der Waals surface area contributed by atoms with E-state index in [1.165, 1.54) is 7.11 Å². The maximum absolute atomic E-state index is 13.3. The third-order valence-electron chi connectivity index (χ3n) is 4.27. The summed E-state index contributed by atoms with van der Waals surface area (Å²) < 4.78 is 10.8. The molecule has 0 aliphatic carbocycles. The lowest BCUT2D eigenvalue weighted by molar-refractivity contribution is -0.139. The summed E-state index contributed by atoms with van der Waals surface area (Å²) in [4.78, 5) is 25.8. The predicted octanol–water partition coefficient (Wildman–Crippen LogP) is 3.03. The fourth-order valence-electron chi connectivity index (χ4n) is 3.03. The smallest absolute Gasteiger partial charge is 0.341 e. The van der Waals surface area contributed by atoms with Gasteiger partial charge >= 0.3 is 5.97 Å². The van der Waals surface area contributed by atoms with Crippen molar-refractivity contribution in [2.24, 2.45) is 0 Å². The van der Waals surface area contributed by atoms with Gasteiger partial charge in [-0.25, -0.2) is 4.79 Å². The summed E-state index contributed by atoms with van der Waals surface area (Å²) in [5.41, 5.74) is -0.568. The number of cyclic esters (lactones) is 1. The van der Waals surface area contributed by atoms with Crippen LogP contribution >= 0.6 is 0 Å². The molecule has 1 aliphatic rings. The molecule has 2 aromatic rings. The first-order valence-electron chi connectivity index (χ1n) is 8.78. The van der Waals surface area contributed by atoms with Gasteiger partial charge in [-0.05, 0) is 45.0 Å². The van der Waals surface area contributed by atoms with Crippen LogP contribution in [0.25, 0.3) is 0 Å². The summed E-state index contributed by atoms with van der Waals surface area (Å²) in [6.07, 6.45) is 5.64. The molecule has 0 bridgehead atoms. The van der Waals surface area contributed by atoms with Gasteiger partial charge in [0.15, 0.2) is 0 Å². The van der Waals surface area contributed by atoms with Crippen molar-refractivity contribution in [2.45, 2.75) is 32.0 Å². The van der Waals surface area contributed by atoms with E-state index < -0.39 is 23.1 Å². The van der Waals surface area contributed by atoms with Crippen LogP contribution < -0.4 is 15.4 Å². The lowest BCUT2D eigenvalue weighted by Crippen LogP contribution is -2.55. The van der Waals surface area contributed by atoms with Crippen LogP contribution in [0.5, 0.6) is 5.75 Å². The number of benzene rings is 2. The average molecular weight is 378 g/mol. The minimum Gasteiger partial charge on any atom is -0.497 e. The molecule has 1 amide bonds. The van der Waals surface area contributed by atoms with Crippen LogP contribution in [-0.4, -0.2) is 24.5 Å². The second-order valence-corrected chi connectivity index (χ2v) is 7.50. The number of nitrogens with one attached hydrogen (secondary N) is 2. The second kappa shape index (κ2) is 6.93. The van der Waals surface area contributed by atoms with Gasteiger partial charge in [0.2, 0.25) is 0 Å². The number of rotatable bonds is 4. The van der Waals surface area contributed by atoms with E-state index in [-0.39, 0.29) is 0 Å². The van der Waals surface area contributed by atoms with Crippen LogP contribution in [0.4, 0.5) is 5.69 Å². The number of fused-ring (bicyclic) bond motifs is 1. The fraction of sp³-hybridized carbons (Fsp3) is 0.273. The molecule has 6 nitrogen and oxygen atoms in total. The third kappa shape index (κ3) is 3.39. The summed E-state index contributed by atoms with van der Waals surface area (Å²) in [6, 6.07) is 11.8. The molecular weight excluding hydrogens is 356 g/mol. The SMILES string of the molecule is C#Cc1cc(OC)ccc1NC1(C(=O)NC(C)(C)C)OC(=O)c2ccccc21. The summed E-state index contributed by atoms with van der Waals surface area (Å²) in [7, 11) is 1.54. The molecule has 1 aliphatic heterocycles. The highest BCUT2D eigenvalue weighted by molar-refractivity contribution is 6.03. The molecule has 1 atom stereocenters. The molecule has 0 saturated carbocycles. The van der Waals surface area contributed by atoms with Crippen molar-refractivity contribution in [3.63, 3.8) is 0 Å². The number of hydrogen-bond donors (Lipinski definition) is 2. The molecule has 28 heavy (non-hydrogen) atoms. The van der Waals surface area contributed by atoms with Crippen molar-refractivity contribution in [1.29, 1.82) is 0 Å². The van der Waals surface area contributed by atoms with E-state index in [0.29, 0.717) is 28.1 Å². The maximum Gasteiger partial charge on any atom is 0.341 e. The highest BCUT2D eigenvalue weighted by Crippen LogP contribution is 2.39. The molecule has 0 fully saturated rings. The minimum atomic E-state index is -1.73. The van der Waals surface area contributed by atoms with E-state index in [0.717, 1.165) is 0 Å². The Balaban J connectivity index is 2.14. The zero-order chi connectivity index (χ0) is 20.5. The van der Waals surface area contributed by atoms with Crippen molar-refractivity contribution < 1.29 is 19.1 Å². The van der Waals surface area contributed by atoms with Crippen molar-refractivity contribution in [3.8, 4) is 18.1 Å². The van der Waals surface area contributed by atoms with E-state index in [4.69, 9.17) is 15.9 Å². The molecule has 3 rings (SSSR count). The lowest BCUT2D eigenvalue weighted by atomic mass is 9.96. The van der Waals surface area contributed by atoms with Crippen LogP contribution in [0.3, 0.4) is 0 Å². The number of terminal acetylenes is 1. The quantitative estimate of drug-likeness (QED) is 0.632. The number of anilines is 1. The molecule has 0 aromatic heterocycles. The number of carbonyl (C=O) groups excluding carboxylic acids is 2. The Hall–Kier alpha value is -3.46. The summed E-state index contributed by atoms with van der Waals surface area (Å²) in [6.45, 7) is 5.55. The minimum absolute atomic E-state index is 0.329. The molecule has 144 valence electrons. The Morgan fingerprint density at radius 3 is 2.57 bits per heavy atom. The maximum atomic E-state index is 13.3. The second-order valence-electron chi connectivity index (χ2n) is 7.50. The van der Waals surface area contributed by atoms with Gasteiger partial charge in [-0.2, -0.15) is 0 Å². The highest BCUT2D eigenvalue weighted by Gasteiger charge is 2.53. The Labute approximate surface area is 164 Å². The van der Waals surface area contributed by atoms with E-state index in [9.17, 15) is 9.59 Å². The molecule has 6 heteroatoms. The van der Waals surface area contributed by atoms with E-state index in [1.807, 2.05) is 20.8 Å². The van der Waals surface area contributed by atoms with Crippen LogP contribution in [0, 0.1) is 12.3 Å². The zero-order valence-corrected chi connectivity index (χ0v) is 16.3. The van der Waals surface area contributed by atoms with Gasteiger partial charge in [-0.3, -0.25) is 4.79 Å². The number of methoxy groups -OCH3 is 1. The Bertz CT molecular complexity index is 985. The lowest BCUT2D eigenvalue weighted by Gasteiger charge is -2.33. The van der Waals surface area contributed by atoms with Gasteiger partial charge in [0, 0.05) is 11.1 Å². The van der Waals surface area contributed by atoms with Crippen LogP contribution in [-0.2, 0) is 15.3 Å². The molecule has 1 heterocycles. The standard InChI is InChI=1S/C22H22N2O4/c1-6-14-13-15(27-5)11-12-18(14)23-22(20(26)24-21(2,3)4)17-10-8-7-9-16(17)19(25)28-22/h1,7-13,23H,2-5H3,(H,24,26). The van der Waals surface area contributed by atoms with Crippen LogP contribution in [0.1, 0.15) is 42.3 Å². The van der Waals surface area contributed by atoms with Gasteiger partial charge in [0.05, 0.1) is 23.9 Å². The summed E-state index contributed by atoms with van der Waals surface area (Å²) in [5, 5.41) is 5.97. The predicted molar refractivity (Wildman–Crippen MR) is 106 cm³/mol. The first-order valence-corrected chi connectivity index (χ1v) is 8.78. The van der Waals surface area contributed by atoms with Crippen molar-refractivity contribution >= 4 is 17.6 Å². The largest absolute Gasteiger partial charge is 0.497 e. The number of amides is 1. The van der Waals surface area contributed by atoms with Crippen molar-refractivity contribution in [2.75, 3.05) is 12.4 Å². The fourth-order valence-corrected chi connectivity index (χ4v) is 3.03. The molecule has 0 radical (unpaired) electrons. The van der Waals surface area contributed by atoms with E-state index in [1.54, 1.807) is 42.5 Å². The molecular formula is C22H22N2O4. The van der Waals surface area contributed by atoms with Gasteiger partial charge in [0.1, 0.15) is 5.75 Å². The summed E-state index contributed by atoms with van der Waals surface area (Å²) in [5.74, 6) is 2.08. The zero-order valence-electron chi connectivity index (χ0n) is 16.3. The number of hydrogen-bond acceptors (Lipinski definition) is 5. The molecule has 2 aromatic carbocycles. The van der Waals surface area contributed by atoms with E-state index >= 15 is 0 Å². The molecule has 2 N–H and O–H groups in total. The molecule has 0 saturated heterocycles. The number of esters is 1. The first kappa shape index (κ1) is 19.3. The first-order chi connectivity index (χ1) is 13.2.